The summed E-state index contributed by atoms with van der Waals surface area (Å²) in [5.41, 5.74) is 24.9. The molecule has 0 aromatic carbocycles. The van der Waals surface area contributed by atoms with Crippen molar-refractivity contribution in [2.75, 3.05) is 49.5 Å². The second kappa shape index (κ2) is 67.1. The number of hydrogen-bond acceptors (Lipinski definition) is 33. The smallest absolute Gasteiger partial charge is 1.00 e. The Hall–Kier alpha value is -6.51. The number of carbonyl (C=O) groups is 6. The van der Waals surface area contributed by atoms with E-state index in [1.807, 2.05) is 110 Å². The van der Waals surface area contributed by atoms with E-state index >= 15 is 0 Å². The molecule has 3 aromatic rings. The molecule has 4 rings (SSSR count). The van der Waals surface area contributed by atoms with Crippen LogP contribution in [0.25, 0.3) is 0 Å². The third kappa shape index (κ3) is 74.9. The molecular formula is C56H90BrK2N13O23S. The van der Waals surface area contributed by atoms with Gasteiger partial charge in [-0.25, -0.2) is 9.48 Å². The minimum Gasteiger partial charge on any atom is -1.00 e. The third-order valence-electron chi connectivity index (χ3n) is 8.63. The molecule has 0 radical (unpaired) electrons. The number of anilines is 3. The number of hydrogen-bond donors (Lipinski definition) is 5. The topological polar surface area (TPSA) is 546 Å². The maximum Gasteiger partial charge on any atom is 1.00 e. The molecule has 36 nitrogen and oxygen atoms in total. The molecule has 0 unspecified atom stereocenters. The molecule has 1 amide bonds. The molecule has 0 spiro atoms. The molecule has 0 fully saturated rings. The van der Waals surface area contributed by atoms with Gasteiger partial charge in [-0.15, -0.1) is 0 Å². The molecule has 0 saturated heterocycles. The first-order valence-electron chi connectivity index (χ1n) is 26.9. The van der Waals surface area contributed by atoms with Crippen molar-refractivity contribution in [1.82, 2.24) is 34.7 Å². The van der Waals surface area contributed by atoms with Crippen LogP contribution in [0, 0.1) is 0 Å². The van der Waals surface area contributed by atoms with Crippen LogP contribution < -0.4 is 136 Å². The fourth-order valence-electron chi connectivity index (χ4n) is 5.49. The third-order valence-corrected chi connectivity index (χ3v) is 9.76. The number of nitrogens with one attached hydrogen (secondary N) is 1. The van der Waals surface area contributed by atoms with Crippen LogP contribution in [-0.4, -0.2) is 162 Å². The molecule has 0 atom stereocenters. The van der Waals surface area contributed by atoms with E-state index in [1.165, 1.54) is 38.5 Å². The molecule has 40 heteroatoms. The van der Waals surface area contributed by atoms with Crippen molar-refractivity contribution < 1.29 is 215 Å². The van der Waals surface area contributed by atoms with Gasteiger partial charge in [-0.3, -0.25) is 48.6 Å². The van der Waals surface area contributed by atoms with E-state index in [0.717, 1.165) is 54.8 Å². The Balaban J connectivity index is -0.0000000970. The van der Waals surface area contributed by atoms with Crippen LogP contribution in [0.4, 0.5) is 22.2 Å². The minimum atomic E-state index is -0.491. The summed E-state index contributed by atoms with van der Waals surface area (Å²) in [6.07, 6.45) is 13.3. The summed E-state index contributed by atoms with van der Waals surface area (Å²) in [6.45, 7) is 30.9. The van der Waals surface area contributed by atoms with E-state index in [0.29, 0.717) is 22.6 Å². The zero-order chi connectivity index (χ0) is 75.4. The monoisotopic (exact) mass is 1500 g/mol. The Morgan fingerprint density at radius 1 is 0.635 bits per heavy atom. The number of nitrogen functional groups attached to an aromatic ring is 3. The summed E-state index contributed by atoms with van der Waals surface area (Å²) in [5, 5.41) is 23.8. The van der Waals surface area contributed by atoms with Gasteiger partial charge in [0.2, 0.25) is 0 Å². The molecule has 0 aliphatic carbocycles. The summed E-state index contributed by atoms with van der Waals surface area (Å²) in [5.74, 6) is 1.06. The normalized spacial score (nSPS) is 10.1. The van der Waals surface area contributed by atoms with E-state index in [1.54, 1.807) is 25.6 Å². The van der Waals surface area contributed by atoms with Crippen LogP contribution in [0.1, 0.15) is 135 Å². The van der Waals surface area contributed by atoms with Crippen molar-refractivity contribution in [3.8, 4) is 0 Å². The number of amidine groups is 2. The van der Waals surface area contributed by atoms with E-state index < -0.39 is 22.9 Å². The number of alkyl halides is 1. The van der Waals surface area contributed by atoms with E-state index in [4.69, 9.17) is 99.9 Å². The van der Waals surface area contributed by atoms with Crippen LogP contribution in [0.15, 0.2) is 40.2 Å². The van der Waals surface area contributed by atoms with Crippen LogP contribution >= 0.6 is 27.7 Å². The van der Waals surface area contributed by atoms with E-state index in [2.05, 4.69) is 69.2 Å². The number of aromatic nitrogens is 6. The quantitative estimate of drug-likeness (QED) is 0.0138. The number of esters is 4. The molecule has 1 aliphatic rings. The number of carbonyl (C=O) groups excluding carboxylic acids is 16. The van der Waals surface area contributed by atoms with Crippen LogP contribution in [-0.2, 0) is 139 Å². The van der Waals surface area contributed by atoms with Crippen molar-refractivity contribution in [2.45, 2.75) is 179 Å². The van der Waals surface area contributed by atoms with Crippen molar-refractivity contribution in [2.24, 2.45) is 15.7 Å². The second-order valence-electron chi connectivity index (χ2n) is 20.5. The van der Waals surface area contributed by atoms with Gasteiger partial charge < -0.3 is 58.2 Å². The number of aliphatic imine (C=N–C) groups is 2. The molecule has 0 saturated carbocycles. The van der Waals surface area contributed by atoms with Crippen molar-refractivity contribution in [3.63, 3.8) is 0 Å². The fraction of sp³-hybridized carbons (Fsp3) is 0.571. The van der Waals surface area contributed by atoms with Crippen LogP contribution in [0.5, 0.6) is 0 Å². The number of methoxy groups -OCH3 is 1. The van der Waals surface area contributed by atoms with Gasteiger partial charge in [-0.1, -0.05) is 61.5 Å². The van der Waals surface area contributed by atoms with E-state index in [9.17, 15) is 24.0 Å². The Bertz CT molecular complexity index is 2790. The van der Waals surface area contributed by atoms with Gasteiger partial charge in [0.05, 0.1) is 19.9 Å². The minimum absolute atomic E-state index is 0. The maximum absolute atomic E-state index is 11.5. The summed E-state index contributed by atoms with van der Waals surface area (Å²) < 4.78 is 29.3. The van der Waals surface area contributed by atoms with Gasteiger partial charge in [0, 0.05) is 36.1 Å². The number of rotatable bonds is 12. The molecule has 96 heavy (non-hydrogen) atoms. The fourth-order valence-corrected chi connectivity index (χ4v) is 5.98. The SMILES string of the molecule is CC(C)(C)OC(=O)CBr.CCC1=CCN=C1N.CCc1cn(CC(=O)OC(C)(C)C)nc1N.CCc1cn(CC(=O)OC(C)(C)C)nc1N.CCc1cnn(CC(=O)OC(C)(C)C)c1N.CN=C(NC(=O)OC)SC.O=C=O.O=C=O.O=C=O.O=C=O.O=C=O.O=CO[O-].[H-].[K+].[K+]. The van der Waals surface area contributed by atoms with Crippen molar-refractivity contribution in [1.29, 1.82) is 0 Å². The predicted octanol–water partition coefficient (Wildman–Crippen LogP) is -3.15. The van der Waals surface area contributed by atoms with E-state index in [-0.39, 0.29) is 196 Å². The Morgan fingerprint density at radius 3 is 1.16 bits per heavy atom. The number of aryl methyl sites for hydroxylation is 3. The number of thioether (sulfide) groups is 1. The Labute approximate surface area is 656 Å². The maximum atomic E-state index is 11.5. The van der Waals surface area contributed by atoms with Gasteiger partial charge >= 0.3 is 163 Å². The standard InChI is InChI=1S/3C11H19N3O2.C6H11BrO2.C6H10N2.C5H10N2O2S.CH2O3.5CO2.2K.H/c2*1-5-8-6-14(13-10(8)12)7-9(15)16-11(2,3)4;1-5-8-6-13-14(10(8)12)7-9(15)16-11(2,3)4;1-6(2,3)9-5(8)4-7;1-2-5-3-4-8-6(5)7;1-6-4(10-3)7-5(8)9-2;2-1-4-3;5*2-1-3;;;/h2*6H,5,7H2,1-4H3,(H2,12,13);6H,5,7,12H2,1-4H3;4H2,1-3H3;3H,2,4H2,1H3,(H2,7,8);1-3H3,(H,6,7,8);1,3H;;;;;;;;/q;;;;;;;;;;;;2*+1;-1/p-1. The number of nitrogens with two attached hydrogens (primary N) is 4. The van der Waals surface area contributed by atoms with Crippen LogP contribution in [0.3, 0.4) is 0 Å². The van der Waals surface area contributed by atoms with Gasteiger partial charge in [-0.05, 0) is 121 Å². The van der Waals surface area contributed by atoms with Crippen LogP contribution in [0.2, 0.25) is 0 Å². The molecule has 0 bridgehead atoms. The molecule has 1 aliphatic heterocycles. The molecular weight excluding hydrogens is 1410 g/mol. The average Bonchev–Trinajstić information content (AvgIpc) is 1.78. The first-order chi connectivity index (χ1) is 43.5. The van der Waals surface area contributed by atoms with Gasteiger partial charge in [0.1, 0.15) is 70.7 Å². The molecule has 4 heterocycles. The number of nitrogens with zero attached hydrogens (tertiary/aromatic N) is 8. The number of ether oxygens (including phenoxy) is 5. The van der Waals surface area contributed by atoms with Crippen molar-refractivity contribution in [3.05, 3.63) is 46.9 Å². The molecule has 3 aromatic heterocycles. The largest absolute Gasteiger partial charge is 1.00 e. The van der Waals surface area contributed by atoms with Gasteiger partial charge in [-0.2, -0.15) is 63.2 Å². The second-order valence-corrected chi connectivity index (χ2v) is 21.9. The predicted molar refractivity (Wildman–Crippen MR) is 336 cm³/mol. The molecule has 9 N–H and O–H groups in total. The summed E-state index contributed by atoms with van der Waals surface area (Å²) in [4.78, 5) is 156. The van der Waals surface area contributed by atoms with Crippen molar-refractivity contribution >= 4 is 123 Å². The number of amides is 1. The summed E-state index contributed by atoms with van der Waals surface area (Å²) >= 11 is 4.34. The zero-order valence-electron chi connectivity index (χ0n) is 59.3. The molecule has 532 valence electrons. The van der Waals surface area contributed by atoms with Gasteiger partial charge in [0.15, 0.2) is 5.17 Å². The Kier molecular flexibility index (Phi) is 77.5. The first-order valence-corrected chi connectivity index (χ1v) is 29.3. The number of halogens is 1. The zero-order valence-corrected chi connectivity index (χ0v) is 67.0. The summed E-state index contributed by atoms with van der Waals surface area (Å²) in [7, 11) is 2.91. The Morgan fingerprint density at radius 2 is 0.958 bits per heavy atom. The van der Waals surface area contributed by atoms with Gasteiger partial charge in [0.25, 0.3) is 6.47 Å². The average molecular weight is 1500 g/mol. The first kappa shape index (κ1) is 111. The summed E-state index contributed by atoms with van der Waals surface area (Å²) in [6, 6.07) is 0. The number of alkyl carbamates (subject to hydrolysis) is 1.